The van der Waals surface area contributed by atoms with Gasteiger partial charge in [0.1, 0.15) is 0 Å². The highest BCUT2D eigenvalue weighted by molar-refractivity contribution is 7.26. The molecule has 0 spiro atoms. The minimum absolute atomic E-state index is 0.724. The summed E-state index contributed by atoms with van der Waals surface area (Å²) >= 11 is 1.81. The van der Waals surface area contributed by atoms with Crippen molar-refractivity contribution in [3.05, 3.63) is 194 Å². The van der Waals surface area contributed by atoms with Crippen molar-refractivity contribution in [2.45, 2.75) is 0 Å². The minimum atomic E-state index is 0.724. The highest BCUT2D eigenvalue weighted by Crippen LogP contribution is 2.41. The summed E-state index contributed by atoms with van der Waals surface area (Å²) in [7, 11) is 0. The third kappa shape index (κ3) is 5.78. The summed E-state index contributed by atoms with van der Waals surface area (Å²) in [5, 5.41) is 3.57. The summed E-state index contributed by atoms with van der Waals surface area (Å²) in [5.74, 6) is 0.724. The van der Waals surface area contributed by atoms with Gasteiger partial charge >= 0.3 is 0 Å². The maximum atomic E-state index is 5.33. The molecular formula is C50H32N2S. The lowest BCUT2D eigenvalue weighted by molar-refractivity contribution is 1.23. The van der Waals surface area contributed by atoms with E-state index in [0.717, 1.165) is 44.7 Å². The number of fused-ring (bicyclic) bond motifs is 5. The number of hydrogen-bond acceptors (Lipinski definition) is 3. The molecule has 10 rings (SSSR count). The van der Waals surface area contributed by atoms with Crippen LogP contribution in [0.1, 0.15) is 0 Å². The molecule has 2 nitrogen and oxygen atoms in total. The normalized spacial score (nSPS) is 11.4. The Morgan fingerprint density at radius 2 is 0.755 bits per heavy atom. The highest BCUT2D eigenvalue weighted by atomic mass is 32.1. The molecule has 0 unspecified atom stereocenters. The van der Waals surface area contributed by atoms with Crippen molar-refractivity contribution in [3.63, 3.8) is 0 Å². The average molecular weight is 693 g/mol. The van der Waals surface area contributed by atoms with Gasteiger partial charge in [-0.15, -0.1) is 11.3 Å². The number of rotatable bonds is 6. The van der Waals surface area contributed by atoms with Crippen molar-refractivity contribution in [2.75, 3.05) is 0 Å². The molecule has 0 radical (unpaired) electrons. The van der Waals surface area contributed by atoms with E-state index in [1.165, 1.54) is 53.6 Å². The average Bonchev–Trinajstić information content (AvgIpc) is 3.63. The van der Waals surface area contributed by atoms with Crippen LogP contribution in [0.3, 0.4) is 0 Å². The molecule has 0 aliphatic carbocycles. The van der Waals surface area contributed by atoms with Gasteiger partial charge in [0.15, 0.2) is 5.82 Å². The standard InChI is InChI=1S/C50H32N2S/c1-4-14-33(15-5-1)40-30-41(34-16-6-2-7-17-34)32-42(31-40)38-22-12-20-36(28-38)37-21-13-23-39(29-37)50-51-47(35-18-8-3-9-19-35)45-27-26-44-43-24-10-11-25-46(43)53-49(44)48(45)52-50/h1-32H. The van der Waals surface area contributed by atoms with Crippen LogP contribution in [0.2, 0.25) is 0 Å². The highest BCUT2D eigenvalue weighted by Gasteiger charge is 2.17. The molecule has 2 aromatic heterocycles. The molecule has 0 amide bonds. The predicted octanol–water partition coefficient (Wildman–Crippen LogP) is 14.0. The Morgan fingerprint density at radius 1 is 0.302 bits per heavy atom. The zero-order valence-electron chi connectivity index (χ0n) is 28.8. The first-order valence-corrected chi connectivity index (χ1v) is 18.7. The molecule has 0 fully saturated rings. The minimum Gasteiger partial charge on any atom is -0.227 e. The van der Waals surface area contributed by atoms with Crippen molar-refractivity contribution in [1.82, 2.24) is 9.97 Å². The van der Waals surface area contributed by atoms with Gasteiger partial charge in [-0.3, -0.25) is 0 Å². The zero-order chi connectivity index (χ0) is 35.1. The molecule has 53 heavy (non-hydrogen) atoms. The molecule has 3 heteroatoms. The van der Waals surface area contributed by atoms with Crippen LogP contribution in [0.25, 0.3) is 98.2 Å². The van der Waals surface area contributed by atoms with Crippen molar-refractivity contribution < 1.29 is 0 Å². The summed E-state index contributed by atoms with van der Waals surface area (Å²) in [6.45, 7) is 0. The third-order valence-electron chi connectivity index (χ3n) is 10.1. The molecular weight excluding hydrogens is 661 g/mol. The second kappa shape index (κ2) is 13.1. The van der Waals surface area contributed by atoms with Crippen molar-refractivity contribution in [3.8, 4) is 67.2 Å². The lowest BCUT2D eigenvalue weighted by Gasteiger charge is -2.13. The molecule has 10 aromatic rings. The third-order valence-corrected chi connectivity index (χ3v) is 11.2. The van der Waals surface area contributed by atoms with E-state index in [-0.39, 0.29) is 0 Å². The van der Waals surface area contributed by atoms with Crippen LogP contribution in [0.4, 0.5) is 0 Å². The van der Waals surface area contributed by atoms with Crippen LogP contribution in [-0.2, 0) is 0 Å². The molecule has 2 heterocycles. The Morgan fingerprint density at radius 3 is 1.40 bits per heavy atom. The van der Waals surface area contributed by atoms with Gasteiger partial charge < -0.3 is 0 Å². The SMILES string of the molecule is c1ccc(-c2cc(-c3ccccc3)cc(-c3cccc(-c4cccc(-c5nc(-c6ccccc6)c6ccc7c8ccccc8sc7c6n5)c4)c3)c2)cc1. The molecule has 0 bridgehead atoms. The topological polar surface area (TPSA) is 25.8 Å². The Bertz CT molecular complexity index is 2870. The second-order valence-electron chi connectivity index (χ2n) is 13.4. The first kappa shape index (κ1) is 31.1. The molecule has 0 saturated heterocycles. The fourth-order valence-corrected chi connectivity index (χ4v) is 8.62. The number of hydrogen-bond donors (Lipinski definition) is 0. The van der Waals surface area contributed by atoms with Crippen LogP contribution < -0.4 is 0 Å². The Kier molecular flexibility index (Phi) is 7.71. The van der Waals surface area contributed by atoms with E-state index in [4.69, 9.17) is 9.97 Å². The van der Waals surface area contributed by atoms with E-state index >= 15 is 0 Å². The largest absolute Gasteiger partial charge is 0.227 e. The number of nitrogens with zero attached hydrogens (tertiary/aromatic N) is 2. The maximum Gasteiger partial charge on any atom is 0.160 e. The van der Waals surface area contributed by atoms with Gasteiger partial charge in [-0.1, -0.05) is 152 Å². The van der Waals surface area contributed by atoms with Crippen LogP contribution in [-0.4, -0.2) is 9.97 Å². The summed E-state index contributed by atoms with van der Waals surface area (Å²) in [4.78, 5) is 10.6. The fourth-order valence-electron chi connectivity index (χ4n) is 7.42. The van der Waals surface area contributed by atoms with Gasteiger partial charge in [-0.05, 0) is 87.0 Å². The van der Waals surface area contributed by atoms with Gasteiger partial charge in [-0.25, -0.2) is 9.97 Å². The summed E-state index contributed by atoms with van der Waals surface area (Å²) in [6.07, 6.45) is 0. The Labute approximate surface area is 312 Å². The zero-order valence-corrected chi connectivity index (χ0v) is 29.6. The van der Waals surface area contributed by atoms with Crippen molar-refractivity contribution in [1.29, 1.82) is 0 Å². The smallest absolute Gasteiger partial charge is 0.160 e. The first-order valence-electron chi connectivity index (χ1n) is 17.9. The van der Waals surface area contributed by atoms with E-state index in [1.807, 2.05) is 11.3 Å². The fraction of sp³-hybridized carbons (Fsp3) is 0. The van der Waals surface area contributed by atoms with Gasteiger partial charge in [0.25, 0.3) is 0 Å². The van der Waals surface area contributed by atoms with E-state index in [2.05, 4.69) is 194 Å². The number of aromatic nitrogens is 2. The van der Waals surface area contributed by atoms with E-state index in [0.29, 0.717) is 0 Å². The lowest BCUT2D eigenvalue weighted by Crippen LogP contribution is -1.95. The number of thiophene rings is 1. The Hall–Kier alpha value is -6.68. The predicted molar refractivity (Wildman–Crippen MR) is 225 cm³/mol. The lowest BCUT2D eigenvalue weighted by atomic mass is 9.92. The van der Waals surface area contributed by atoms with E-state index in [9.17, 15) is 0 Å². The molecule has 0 aliphatic heterocycles. The van der Waals surface area contributed by atoms with Crippen LogP contribution in [0.15, 0.2) is 194 Å². The first-order chi connectivity index (χ1) is 26.2. The Balaban J connectivity index is 1.10. The van der Waals surface area contributed by atoms with E-state index in [1.54, 1.807) is 0 Å². The van der Waals surface area contributed by atoms with E-state index < -0.39 is 0 Å². The molecule has 0 saturated carbocycles. The maximum absolute atomic E-state index is 5.33. The molecule has 0 atom stereocenters. The monoisotopic (exact) mass is 692 g/mol. The molecule has 0 aliphatic rings. The van der Waals surface area contributed by atoms with Gasteiger partial charge in [-0.2, -0.15) is 0 Å². The van der Waals surface area contributed by atoms with Crippen molar-refractivity contribution in [2.24, 2.45) is 0 Å². The van der Waals surface area contributed by atoms with Gasteiger partial charge in [0, 0.05) is 32.0 Å². The quantitative estimate of drug-likeness (QED) is 0.173. The van der Waals surface area contributed by atoms with Crippen LogP contribution in [0, 0.1) is 0 Å². The van der Waals surface area contributed by atoms with Gasteiger partial charge in [0.2, 0.25) is 0 Å². The van der Waals surface area contributed by atoms with Crippen LogP contribution in [0.5, 0.6) is 0 Å². The summed E-state index contributed by atoms with van der Waals surface area (Å²) in [6, 6.07) is 69.2. The molecule has 0 N–H and O–H groups in total. The molecule has 248 valence electrons. The summed E-state index contributed by atoms with van der Waals surface area (Å²) < 4.78 is 2.46. The van der Waals surface area contributed by atoms with Gasteiger partial charge in [0.05, 0.1) is 15.9 Å². The van der Waals surface area contributed by atoms with Crippen molar-refractivity contribution >= 4 is 42.4 Å². The number of benzene rings is 8. The summed E-state index contributed by atoms with van der Waals surface area (Å²) in [5.41, 5.74) is 13.4. The second-order valence-corrected chi connectivity index (χ2v) is 14.4. The molecule has 8 aromatic carbocycles. The van der Waals surface area contributed by atoms with Crippen LogP contribution >= 0.6 is 11.3 Å².